The molecule has 0 aromatic carbocycles. The molecule has 0 amide bonds. The molecule has 1 N–H and O–H groups in total. The van der Waals surface area contributed by atoms with E-state index < -0.39 is 0 Å². The predicted octanol–water partition coefficient (Wildman–Crippen LogP) is 2.64. The van der Waals surface area contributed by atoms with Crippen molar-refractivity contribution in [1.82, 2.24) is 10.2 Å². The fourth-order valence-corrected chi connectivity index (χ4v) is 3.47. The Kier molecular flexibility index (Phi) is 4.26. The highest BCUT2D eigenvalue weighted by Gasteiger charge is 2.34. The van der Waals surface area contributed by atoms with Gasteiger partial charge in [0.1, 0.15) is 0 Å². The Morgan fingerprint density at radius 1 is 1.31 bits per heavy atom. The average Bonchev–Trinajstić information content (AvgIpc) is 2.61. The van der Waals surface area contributed by atoms with E-state index in [0.717, 1.165) is 5.92 Å². The molecule has 2 rings (SSSR count). The van der Waals surface area contributed by atoms with Crippen LogP contribution in [0.25, 0.3) is 0 Å². The average molecular weight is 224 g/mol. The molecule has 2 aliphatic rings. The van der Waals surface area contributed by atoms with E-state index in [1.165, 1.54) is 64.6 Å². The fourth-order valence-electron chi connectivity index (χ4n) is 3.47. The van der Waals surface area contributed by atoms with E-state index in [1.807, 2.05) is 0 Å². The molecular formula is C14H28N2. The summed E-state index contributed by atoms with van der Waals surface area (Å²) in [5.41, 5.74) is 0.452. The van der Waals surface area contributed by atoms with Crippen LogP contribution in [0, 0.1) is 5.92 Å². The molecule has 2 heteroatoms. The van der Waals surface area contributed by atoms with Gasteiger partial charge in [-0.05, 0) is 51.6 Å². The van der Waals surface area contributed by atoms with E-state index in [1.54, 1.807) is 0 Å². The molecule has 0 spiro atoms. The monoisotopic (exact) mass is 224 g/mol. The minimum Gasteiger partial charge on any atom is -0.310 e. The summed E-state index contributed by atoms with van der Waals surface area (Å²) in [5, 5.41) is 3.77. The zero-order valence-electron chi connectivity index (χ0n) is 11.1. The molecule has 0 radical (unpaired) electrons. The van der Waals surface area contributed by atoms with Crippen LogP contribution in [0.1, 0.15) is 51.9 Å². The van der Waals surface area contributed by atoms with Crippen molar-refractivity contribution in [2.45, 2.75) is 57.4 Å². The lowest BCUT2D eigenvalue weighted by Crippen LogP contribution is -2.50. The summed E-state index contributed by atoms with van der Waals surface area (Å²) in [6.45, 7) is 6.13. The zero-order chi connectivity index (χ0) is 11.4. The van der Waals surface area contributed by atoms with Gasteiger partial charge in [0.15, 0.2) is 0 Å². The van der Waals surface area contributed by atoms with Crippen molar-refractivity contribution in [3.05, 3.63) is 0 Å². The van der Waals surface area contributed by atoms with Crippen LogP contribution in [0.5, 0.6) is 0 Å². The lowest BCUT2D eigenvalue weighted by Gasteiger charge is -2.37. The predicted molar refractivity (Wildman–Crippen MR) is 69.7 cm³/mol. The Hall–Kier alpha value is -0.0800. The van der Waals surface area contributed by atoms with Gasteiger partial charge >= 0.3 is 0 Å². The van der Waals surface area contributed by atoms with Gasteiger partial charge < -0.3 is 10.2 Å². The standard InChI is InChI=1S/C14H28N2/c1-3-8-14(9-5-10-15-14)12-16(2)11-13-6-4-7-13/h13,15H,3-12H2,1-2H3. The lowest BCUT2D eigenvalue weighted by molar-refractivity contribution is 0.158. The summed E-state index contributed by atoms with van der Waals surface area (Å²) < 4.78 is 0. The van der Waals surface area contributed by atoms with Gasteiger partial charge in [0.2, 0.25) is 0 Å². The SMILES string of the molecule is CCCC1(CN(C)CC2CCC2)CCCN1. The van der Waals surface area contributed by atoms with Crippen molar-refractivity contribution >= 4 is 0 Å². The maximum absolute atomic E-state index is 3.77. The molecule has 1 aliphatic heterocycles. The Balaban J connectivity index is 1.79. The molecule has 0 aromatic rings. The van der Waals surface area contributed by atoms with Crippen LogP contribution in [0.4, 0.5) is 0 Å². The highest BCUT2D eigenvalue weighted by molar-refractivity contribution is 4.95. The molecule has 0 bridgehead atoms. The second-order valence-electron chi connectivity index (χ2n) is 6.05. The smallest absolute Gasteiger partial charge is 0.0309 e. The number of hydrogen-bond donors (Lipinski definition) is 1. The van der Waals surface area contributed by atoms with Gasteiger partial charge in [0.05, 0.1) is 0 Å². The third-order valence-corrected chi connectivity index (χ3v) is 4.43. The first kappa shape index (κ1) is 12.4. The van der Waals surface area contributed by atoms with Gasteiger partial charge in [-0.3, -0.25) is 0 Å². The number of nitrogens with zero attached hydrogens (tertiary/aromatic N) is 1. The van der Waals surface area contributed by atoms with Crippen LogP contribution in [-0.4, -0.2) is 37.1 Å². The molecule has 1 unspecified atom stereocenters. The Morgan fingerprint density at radius 3 is 2.62 bits per heavy atom. The number of hydrogen-bond acceptors (Lipinski definition) is 2. The van der Waals surface area contributed by atoms with Crippen molar-refractivity contribution in [3.8, 4) is 0 Å². The summed E-state index contributed by atoms with van der Waals surface area (Å²) in [5.74, 6) is 1.00. The van der Waals surface area contributed by atoms with E-state index >= 15 is 0 Å². The highest BCUT2D eigenvalue weighted by atomic mass is 15.2. The highest BCUT2D eigenvalue weighted by Crippen LogP contribution is 2.29. The molecule has 2 fully saturated rings. The van der Waals surface area contributed by atoms with Crippen molar-refractivity contribution < 1.29 is 0 Å². The van der Waals surface area contributed by atoms with E-state index in [-0.39, 0.29) is 0 Å². The van der Waals surface area contributed by atoms with Gasteiger partial charge in [-0.15, -0.1) is 0 Å². The third-order valence-electron chi connectivity index (χ3n) is 4.43. The number of nitrogens with one attached hydrogen (secondary N) is 1. The van der Waals surface area contributed by atoms with Crippen LogP contribution < -0.4 is 5.32 Å². The van der Waals surface area contributed by atoms with Crippen molar-refractivity contribution in [2.75, 3.05) is 26.7 Å². The Bertz CT molecular complexity index is 205. The van der Waals surface area contributed by atoms with Crippen molar-refractivity contribution in [1.29, 1.82) is 0 Å². The maximum atomic E-state index is 3.77. The van der Waals surface area contributed by atoms with Crippen LogP contribution in [0.2, 0.25) is 0 Å². The van der Waals surface area contributed by atoms with Gasteiger partial charge in [-0.25, -0.2) is 0 Å². The maximum Gasteiger partial charge on any atom is 0.0309 e. The van der Waals surface area contributed by atoms with Gasteiger partial charge in [-0.2, -0.15) is 0 Å². The molecule has 16 heavy (non-hydrogen) atoms. The number of rotatable bonds is 6. The summed E-state index contributed by atoms with van der Waals surface area (Å²) in [4.78, 5) is 2.58. The first-order chi connectivity index (χ1) is 7.74. The quantitative estimate of drug-likeness (QED) is 0.746. The summed E-state index contributed by atoms with van der Waals surface area (Å²) >= 11 is 0. The summed E-state index contributed by atoms with van der Waals surface area (Å²) in [6, 6.07) is 0. The van der Waals surface area contributed by atoms with Crippen LogP contribution in [0.3, 0.4) is 0 Å². The van der Waals surface area contributed by atoms with Crippen molar-refractivity contribution in [3.63, 3.8) is 0 Å². The van der Waals surface area contributed by atoms with E-state index in [2.05, 4.69) is 24.2 Å². The fraction of sp³-hybridized carbons (Fsp3) is 1.00. The summed E-state index contributed by atoms with van der Waals surface area (Å²) in [6.07, 6.45) is 9.83. The van der Waals surface area contributed by atoms with Crippen LogP contribution in [0.15, 0.2) is 0 Å². The second kappa shape index (κ2) is 5.50. The minimum atomic E-state index is 0.452. The first-order valence-corrected chi connectivity index (χ1v) is 7.18. The first-order valence-electron chi connectivity index (χ1n) is 7.18. The second-order valence-corrected chi connectivity index (χ2v) is 6.05. The molecule has 0 aromatic heterocycles. The van der Waals surface area contributed by atoms with E-state index in [4.69, 9.17) is 0 Å². The zero-order valence-corrected chi connectivity index (χ0v) is 11.1. The van der Waals surface area contributed by atoms with Gasteiger partial charge in [-0.1, -0.05) is 19.8 Å². The molecular weight excluding hydrogens is 196 g/mol. The third kappa shape index (κ3) is 2.98. The number of likely N-dealkylation sites (N-methyl/N-ethyl adjacent to an activating group) is 1. The minimum absolute atomic E-state index is 0.452. The Morgan fingerprint density at radius 2 is 2.12 bits per heavy atom. The molecule has 1 saturated carbocycles. The molecule has 2 nitrogen and oxygen atoms in total. The molecule has 1 aliphatic carbocycles. The molecule has 94 valence electrons. The Labute approximate surface area is 101 Å². The largest absolute Gasteiger partial charge is 0.310 e. The van der Waals surface area contributed by atoms with Crippen molar-refractivity contribution in [2.24, 2.45) is 5.92 Å². The molecule has 1 saturated heterocycles. The van der Waals surface area contributed by atoms with E-state index in [9.17, 15) is 0 Å². The molecule has 1 heterocycles. The van der Waals surface area contributed by atoms with Crippen LogP contribution >= 0.6 is 0 Å². The topological polar surface area (TPSA) is 15.3 Å². The van der Waals surface area contributed by atoms with E-state index in [0.29, 0.717) is 5.54 Å². The van der Waals surface area contributed by atoms with Gasteiger partial charge in [0, 0.05) is 18.6 Å². The van der Waals surface area contributed by atoms with Crippen LogP contribution in [-0.2, 0) is 0 Å². The normalized spacial score (nSPS) is 30.9. The molecule has 1 atom stereocenters. The lowest BCUT2D eigenvalue weighted by atomic mass is 9.84. The summed E-state index contributed by atoms with van der Waals surface area (Å²) in [7, 11) is 2.32. The van der Waals surface area contributed by atoms with Gasteiger partial charge in [0.25, 0.3) is 0 Å².